The lowest BCUT2D eigenvalue weighted by Crippen LogP contribution is -2.51. The van der Waals surface area contributed by atoms with E-state index >= 15 is 0 Å². The minimum atomic E-state index is 0.0477. The molecule has 0 unspecified atom stereocenters. The molecule has 0 aromatic heterocycles. The first-order valence-corrected chi connectivity index (χ1v) is 20.9. The van der Waals surface area contributed by atoms with Gasteiger partial charge in [-0.2, -0.15) is 0 Å². The fourth-order valence-electron chi connectivity index (χ4n) is 11.1. The largest absolute Gasteiger partial charge is 0.462 e. The molecule has 268 valence electrons. The van der Waals surface area contributed by atoms with Crippen LogP contribution in [-0.2, 0) is 9.53 Å². The number of ether oxygens (including phenoxy) is 1. The maximum absolute atomic E-state index is 12.8. The summed E-state index contributed by atoms with van der Waals surface area (Å²) in [7, 11) is 0. The van der Waals surface area contributed by atoms with Crippen LogP contribution in [0, 0.1) is 46.3 Å². The van der Waals surface area contributed by atoms with Crippen molar-refractivity contribution in [3.05, 3.63) is 36.0 Å². The van der Waals surface area contributed by atoms with Crippen LogP contribution in [0.3, 0.4) is 0 Å². The minimum absolute atomic E-state index is 0.0477. The lowest BCUT2D eigenvalue weighted by molar-refractivity contribution is -0.151. The smallest absolute Gasteiger partial charge is 0.306 e. The van der Waals surface area contributed by atoms with Crippen molar-refractivity contribution < 1.29 is 9.53 Å². The first-order valence-electron chi connectivity index (χ1n) is 20.9. The van der Waals surface area contributed by atoms with E-state index in [4.69, 9.17) is 4.74 Å². The highest BCUT2D eigenvalue weighted by Crippen LogP contribution is 2.67. The van der Waals surface area contributed by atoms with Gasteiger partial charge < -0.3 is 4.74 Å². The highest BCUT2D eigenvalue weighted by atomic mass is 16.6. The van der Waals surface area contributed by atoms with Gasteiger partial charge in [-0.25, -0.2) is 0 Å². The van der Waals surface area contributed by atoms with Gasteiger partial charge in [-0.05, 0) is 130 Å². The molecule has 3 saturated carbocycles. The molecule has 0 bridgehead atoms. The highest BCUT2D eigenvalue weighted by Gasteiger charge is 2.59. The molecular formula is C45H76O2. The third-order valence-corrected chi connectivity index (χ3v) is 13.9. The average molecular weight is 651 g/mol. The molecule has 3 fully saturated rings. The van der Waals surface area contributed by atoms with Crippen LogP contribution in [-0.4, -0.2) is 12.1 Å². The standard InChI is InChI=1S/C45H76O2/c1-7-8-9-10-11-12-13-14-15-16-17-18-19-20-21-25-43(46)47-38-30-32-44(5)37(34-38)26-27-39-41-29-28-40(36(4)24-22-23-35(2)3)45(41,6)33-31-42(39)44/h11-12,14-15,26,35-36,38-42H,7-10,13,16-25,27-34H2,1-6H3/b12-11-,15-14-/t36-,38+,39+,40-,41+,42+,44+,45-/m1/s1/i34+1,43+1. The van der Waals surface area contributed by atoms with Crippen LogP contribution in [0.15, 0.2) is 36.0 Å². The van der Waals surface area contributed by atoms with Crippen molar-refractivity contribution in [2.75, 3.05) is 0 Å². The van der Waals surface area contributed by atoms with E-state index in [0.717, 1.165) is 67.6 Å². The molecule has 4 aliphatic carbocycles. The molecule has 4 rings (SSSR count). The van der Waals surface area contributed by atoms with E-state index in [0.29, 0.717) is 17.3 Å². The molecule has 8 atom stereocenters. The van der Waals surface area contributed by atoms with E-state index in [9.17, 15) is 4.79 Å². The maximum atomic E-state index is 12.8. The van der Waals surface area contributed by atoms with Crippen LogP contribution >= 0.6 is 0 Å². The molecular weight excluding hydrogens is 574 g/mol. The van der Waals surface area contributed by atoms with Crippen LogP contribution in [0.5, 0.6) is 0 Å². The van der Waals surface area contributed by atoms with Gasteiger partial charge in [-0.1, -0.05) is 129 Å². The average Bonchev–Trinajstić information content (AvgIpc) is 3.40. The Hall–Kier alpha value is -1.31. The second-order valence-electron chi connectivity index (χ2n) is 17.6. The Morgan fingerprint density at radius 2 is 1.55 bits per heavy atom. The highest BCUT2D eigenvalue weighted by molar-refractivity contribution is 5.69. The molecule has 0 heterocycles. The van der Waals surface area contributed by atoms with Gasteiger partial charge in [0.15, 0.2) is 0 Å². The Labute approximate surface area is 292 Å². The van der Waals surface area contributed by atoms with Gasteiger partial charge in [-0.3, -0.25) is 4.79 Å². The summed E-state index contributed by atoms with van der Waals surface area (Å²) in [5.74, 6) is 5.30. The zero-order valence-corrected chi connectivity index (χ0v) is 32.0. The fraction of sp³-hybridized carbons (Fsp3) is 0.844. The van der Waals surface area contributed by atoms with Gasteiger partial charge in [0.2, 0.25) is 0 Å². The minimum Gasteiger partial charge on any atom is -0.462 e. The normalized spacial score (nSPS) is 32.7. The summed E-state index contributed by atoms with van der Waals surface area (Å²) in [5.41, 5.74) is 2.52. The Balaban J connectivity index is 1.13. The topological polar surface area (TPSA) is 26.3 Å². The summed E-state index contributed by atoms with van der Waals surface area (Å²) < 4.78 is 6.12. The summed E-state index contributed by atoms with van der Waals surface area (Å²) in [5, 5.41) is 0. The third kappa shape index (κ3) is 10.6. The molecule has 0 saturated heterocycles. The summed E-state index contributed by atoms with van der Waals surface area (Å²) >= 11 is 0. The zero-order chi connectivity index (χ0) is 33.7. The summed E-state index contributed by atoms with van der Waals surface area (Å²) in [6, 6.07) is 0. The molecule has 0 radical (unpaired) electrons. The van der Waals surface area contributed by atoms with Gasteiger partial charge in [0, 0.05) is 12.8 Å². The van der Waals surface area contributed by atoms with Gasteiger partial charge in [0.05, 0.1) is 0 Å². The van der Waals surface area contributed by atoms with Gasteiger partial charge >= 0.3 is 5.97 Å². The molecule has 0 N–H and O–H groups in total. The van der Waals surface area contributed by atoms with Crippen LogP contribution in [0.1, 0.15) is 189 Å². The van der Waals surface area contributed by atoms with E-state index in [-0.39, 0.29) is 12.1 Å². The van der Waals surface area contributed by atoms with E-state index in [1.807, 2.05) is 0 Å². The van der Waals surface area contributed by atoms with E-state index in [1.165, 1.54) is 109 Å². The van der Waals surface area contributed by atoms with Crippen LogP contribution < -0.4 is 0 Å². The van der Waals surface area contributed by atoms with Crippen molar-refractivity contribution in [3.63, 3.8) is 0 Å². The van der Waals surface area contributed by atoms with E-state index < -0.39 is 0 Å². The predicted molar refractivity (Wildman–Crippen MR) is 202 cm³/mol. The molecule has 0 amide bonds. The summed E-state index contributed by atoms with van der Waals surface area (Å²) in [6.45, 7) is 14.9. The number of hydrogen-bond acceptors (Lipinski definition) is 2. The van der Waals surface area contributed by atoms with Crippen molar-refractivity contribution in [1.82, 2.24) is 0 Å². The quantitative estimate of drug-likeness (QED) is 0.0567. The Morgan fingerprint density at radius 1 is 0.830 bits per heavy atom. The number of allylic oxidation sites excluding steroid dienone is 5. The maximum Gasteiger partial charge on any atom is 0.306 e. The number of carbonyl (C=O) groups excluding carboxylic acids is 1. The molecule has 0 aromatic carbocycles. The molecule has 2 heteroatoms. The third-order valence-electron chi connectivity index (χ3n) is 13.9. The van der Waals surface area contributed by atoms with Crippen LogP contribution in [0.25, 0.3) is 0 Å². The number of hydrogen-bond donors (Lipinski definition) is 0. The number of unbranched alkanes of at least 4 members (excludes halogenated alkanes) is 8. The second kappa shape index (κ2) is 19.2. The predicted octanol–water partition coefficient (Wildman–Crippen LogP) is 13.8. The van der Waals surface area contributed by atoms with Crippen molar-refractivity contribution in [1.29, 1.82) is 0 Å². The lowest BCUT2D eigenvalue weighted by Gasteiger charge is -2.58. The van der Waals surface area contributed by atoms with Crippen molar-refractivity contribution in [2.45, 2.75) is 195 Å². The number of esters is 1. The van der Waals surface area contributed by atoms with Gasteiger partial charge in [0.25, 0.3) is 0 Å². The van der Waals surface area contributed by atoms with Crippen LogP contribution in [0.2, 0.25) is 0 Å². The zero-order valence-electron chi connectivity index (χ0n) is 32.0. The second-order valence-corrected chi connectivity index (χ2v) is 17.6. The monoisotopic (exact) mass is 651 g/mol. The summed E-state index contributed by atoms with van der Waals surface area (Å²) in [4.78, 5) is 12.8. The van der Waals surface area contributed by atoms with E-state index in [2.05, 4.69) is 71.9 Å². The van der Waals surface area contributed by atoms with Crippen molar-refractivity contribution in [2.24, 2.45) is 46.3 Å². The molecule has 2 nitrogen and oxygen atoms in total. The first kappa shape index (κ1) is 38.5. The van der Waals surface area contributed by atoms with Crippen LogP contribution in [0.4, 0.5) is 0 Å². The number of carbonyl (C=O) groups is 1. The molecule has 4 aliphatic rings. The van der Waals surface area contributed by atoms with Crippen molar-refractivity contribution >= 4 is 5.97 Å². The Kier molecular flexibility index (Phi) is 15.7. The SMILES string of the molecule is CCCCC/C=C\C/C=C\CCCCCCC[13C](=O)O[C@H]1CC[C@@]2(C)C(=CC[C@H]3[C@@H]4CC[C@H]([C@H](C)CCCC(C)C)[C@@]4(C)CC[C@@H]32)[13CH2]1. The molecule has 47 heavy (non-hydrogen) atoms. The Bertz CT molecular complexity index is 1020. The van der Waals surface area contributed by atoms with Crippen molar-refractivity contribution in [3.8, 4) is 0 Å². The Morgan fingerprint density at radius 3 is 2.30 bits per heavy atom. The number of fused-ring (bicyclic) bond motifs is 5. The number of rotatable bonds is 20. The molecule has 0 aliphatic heterocycles. The fourth-order valence-corrected chi connectivity index (χ4v) is 11.1. The molecule has 0 aromatic rings. The first-order chi connectivity index (χ1) is 22.7. The molecule has 0 spiro atoms. The summed E-state index contributed by atoms with van der Waals surface area (Å²) in [6.07, 6.45) is 40.5. The van der Waals surface area contributed by atoms with Gasteiger partial charge in [-0.15, -0.1) is 0 Å². The lowest BCUT2D eigenvalue weighted by atomic mass is 9.48. The van der Waals surface area contributed by atoms with Gasteiger partial charge in [0.1, 0.15) is 6.10 Å². The van der Waals surface area contributed by atoms with E-state index in [1.54, 1.807) is 5.57 Å².